The smallest absolute Gasteiger partial charge is 0.790 e. The van der Waals surface area contributed by atoms with Gasteiger partial charge in [0.25, 0.3) is 17.6 Å². The number of hydrogen-bond acceptors (Lipinski definition) is 19. The summed E-state index contributed by atoms with van der Waals surface area (Å²) >= 11 is 0. The number of esters is 2. The summed E-state index contributed by atoms with van der Waals surface area (Å²) in [6.07, 6.45) is 0.0787. The van der Waals surface area contributed by atoms with E-state index in [2.05, 4.69) is 13.9 Å². The summed E-state index contributed by atoms with van der Waals surface area (Å²) in [5, 5.41) is 10.3. The normalized spacial score (nSPS) is 17.8. The van der Waals surface area contributed by atoms with Gasteiger partial charge in [-0.2, -0.15) is 0 Å². The zero-order chi connectivity index (χ0) is 48.8. The second kappa shape index (κ2) is 23.5. The maximum absolute atomic E-state index is 13.3. The number of para-hydroxylation sites is 2. The van der Waals surface area contributed by atoms with Crippen LogP contribution in [0.5, 0.6) is 0 Å². The molecule has 2 aromatic carbocycles. The maximum Gasteiger partial charge on any atom is 1.00 e. The molecule has 0 saturated carbocycles. The number of phosphoric acid groups is 2. The van der Waals surface area contributed by atoms with Gasteiger partial charge in [-0.1, -0.05) is 50.2 Å². The van der Waals surface area contributed by atoms with Gasteiger partial charge in [0.05, 0.1) is 65.8 Å². The number of benzene rings is 2. The van der Waals surface area contributed by atoms with Gasteiger partial charge in [0.1, 0.15) is 13.2 Å². The third-order valence-electron chi connectivity index (χ3n) is 11.9. The fourth-order valence-electron chi connectivity index (χ4n) is 8.69. The van der Waals surface area contributed by atoms with Crippen LogP contribution in [0.15, 0.2) is 82.4 Å². The Morgan fingerprint density at radius 3 is 1.45 bits per heavy atom. The standard InChI is InChI=1S/2C21H19N2O8P.CH2O3.3Na/c2*1-2-21(30-11-31-32(26,27)28)15-8-17-18-13(7-12-5-3-4-6-16(12)22-18)9-23(17)19(24)14(15)10-29-20(21)25;2-1-4-3;;;/h2*3-8H,2,9-11H2,1H3,(H2,26,27,28);1,3H;;;/q;;;3*+1/p-3/t2*21-;;;;/m00..../s1. The monoisotopic (exact) mass is 1040 g/mol. The van der Waals surface area contributed by atoms with Crippen molar-refractivity contribution in [2.24, 2.45) is 0 Å². The predicted molar refractivity (Wildman–Crippen MR) is 225 cm³/mol. The van der Waals surface area contributed by atoms with E-state index in [-0.39, 0.29) is 149 Å². The van der Waals surface area contributed by atoms with Crippen LogP contribution in [0.3, 0.4) is 0 Å². The van der Waals surface area contributed by atoms with Gasteiger partial charge >= 0.3 is 108 Å². The van der Waals surface area contributed by atoms with Crippen molar-refractivity contribution >= 4 is 55.9 Å². The van der Waals surface area contributed by atoms with E-state index < -0.39 is 52.4 Å². The Morgan fingerprint density at radius 2 is 1.08 bits per heavy atom. The Labute approximate surface area is 468 Å². The fourth-order valence-corrected chi connectivity index (χ4v) is 9.06. The van der Waals surface area contributed by atoms with Crippen molar-refractivity contribution in [3.05, 3.63) is 127 Å². The van der Waals surface area contributed by atoms with Crippen LogP contribution >= 0.6 is 15.6 Å². The molecule has 0 unspecified atom stereocenters. The van der Waals surface area contributed by atoms with Crippen molar-refractivity contribution < 1.29 is 170 Å². The molecule has 356 valence electrons. The van der Waals surface area contributed by atoms with Crippen molar-refractivity contribution in [2.75, 3.05) is 13.6 Å². The first-order valence-electron chi connectivity index (χ1n) is 20.4. The molecular formula is C43H37N4Na3O19P2. The summed E-state index contributed by atoms with van der Waals surface area (Å²) in [5.41, 5.74) is 2.40. The number of carbonyl (C=O) groups is 3. The van der Waals surface area contributed by atoms with E-state index in [1.165, 1.54) is 0 Å². The molecular weight excluding hydrogens is 1010 g/mol. The summed E-state index contributed by atoms with van der Waals surface area (Å²) in [4.78, 5) is 112. The van der Waals surface area contributed by atoms with Gasteiger partial charge in [-0.3, -0.25) is 18.9 Å². The molecule has 23 nitrogen and oxygen atoms in total. The van der Waals surface area contributed by atoms with Gasteiger partial charge < -0.3 is 66.9 Å². The van der Waals surface area contributed by atoms with E-state index >= 15 is 0 Å². The van der Waals surface area contributed by atoms with Crippen LogP contribution in [0.2, 0.25) is 0 Å². The molecule has 0 spiro atoms. The quantitative estimate of drug-likeness (QED) is 0.0231. The second-order valence-corrected chi connectivity index (χ2v) is 17.8. The first-order valence-corrected chi connectivity index (χ1v) is 23.4. The zero-order valence-corrected chi connectivity index (χ0v) is 46.5. The Kier molecular flexibility index (Phi) is 19.4. The number of hydrogen-bond donors (Lipinski definition) is 2. The van der Waals surface area contributed by atoms with Gasteiger partial charge in [0.15, 0.2) is 24.8 Å². The number of cyclic esters (lactones) is 2. The minimum Gasteiger partial charge on any atom is -0.790 e. The number of ether oxygens (including phenoxy) is 4. The van der Waals surface area contributed by atoms with Crippen molar-refractivity contribution in [3.63, 3.8) is 0 Å². The zero-order valence-electron chi connectivity index (χ0n) is 38.7. The Hall–Kier alpha value is -3.33. The molecule has 0 fully saturated rings. The number of carbonyl (C=O) groups excluding carboxylic acids is 3. The van der Waals surface area contributed by atoms with E-state index in [1.807, 2.05) is 60.7 Å². The largest absolute Gasteiger partial charge is 1.00 e. The van der Waals surface area contributed by atoms with Crippen molar-refractivity contribution in [3.8, 4) is 22.8 Å². The molecule has 0 amide bonds. The molecule has 4 aromatic heterocycles. The van der Waals surface area contributed by atoms with Gasteiger partial charge in [0.2, 0.25) is 0 Å². The van der Waals surface area contributed by atoms with Crippen LogP contribution in [-0.2, 0) is 93.9 Å². The van der Waals surface area contributed by atoms with E-state index in [1.54, 1.807) is 35.1 Å². The number of nitrogens with zero attached hydrogens (tertiary/aromatic N) is 4. The number of pyridine rings is 4. The first kappa shape index (κ1) is 58.6. The Balaban J connectivity index is 0.000000236. The van der Waals surface area contributed by atoms with Gasteiger partial charge in [0, 0.05) is 33.0 Å². The first-order chi connectivity index (χ1) is 32.4. The fraction of sp³-hybridized carbons (Fsp3) is 0.279. The minimum absolute atomic E-state index is 0. The summed E-state index contributed by atoms with van der Waals surface area (Å²) in [6.45, 7) is 1.45. The van der Waals surface area contributed by atoms with E-state index in [4.69, 9.17) is 48.8 Å². The van der Waals surface area contributed by atoms with E-state index in [0.29, 0.717) is 41.4 Å². The summed E-state index contributed by atoms with van der Waals surface area (Å²) in [7, 11) is -10.1. The topological polar surface area (TPSA) is 329 Å². The predicted octanol–water partition coefficient (Wildman–Crippen LogP) is -7.48. The van der Waals surface area contributed by atoms with Gasteiger partial charge in [-0.25, -0.2) is 24.1 Å². The number of rotatable bonds is 11. The third kappa shape index (κ3) is 11.5. The molecule has 71 heavy (non-hydrogen) atoms. The van der Waals surface area contributed by atoms with E-state index in [9.17, 15) is 38.1 Å². The van der Waals surface area contributed by atoms with E-state index in [0.717, 1.165) is 32.9 Å². The molecule has 28 heteroatoms. The Morgan fingerprint density at radius 1 is 0.690 bits per heavy atom. The molecule has 0 bridgehead atoms. The molecule has 4 aliphatic rings. The summed E-state index contributed by atoms with van der Waals surface area (Å²) in [6, 6.07) is 22.5. The van der Waals surface area contributed by atoms with Gasteiger partial charge in [-0.15, -0.1) is 0 Å². The molecule has 4 aliphatic heterocycles. The van der Waals surface area contributed by atoms with Crippen molar-refractivity contribution in [1.82, 2.24) is 19.1 Å². The molecule has 10 rings (SSSR count). The van der Waals surface area contributed by atoms with Crippen LogP contribution in [-0.4, -0.2) is 60.9 Å². The second-order valence-electron chi connectivity index (χ2n) is 15.4. The molecule has 8 heterocycles. The van der Waals surface area contributed by atoms with Crippen molar-refractivity contribution in [1.29, 1.82) is 0 Å². The van der Waals surface area contributed by atoms with Crippen LogP contribution in [0.1, 0.15) is 60.1 Å². The molecule has 0 aliphatic carbocycles. The van der Waals surface area contributed by atoms with Crippen LogP contribution in [0, 0.1) is 0 Å². The third-order valence-corrected chi connectivity index (χ3v) is 12.7. The SMILES string of the molecule is CC[C@@]1(OCOP(=O)(O)O)C(=O)OCc2c1cc1n(c2=O)Cc2cc3ccccc3nc2-1.CC[C@@]1(OCOP(=O)([O-])[O-])C(=O)OCc2c1cc1n(c2=O)Cc2cc3ccccc3nc2-1.O=CO[O-].[Na+].[Na+].[Na+]. The molecule has 0 radical (unpaired) electrons. The number of phosphoric ester groups is 2. The number of fused-ring (bicyclic) bond motifs is 10. The molecule has 6 aromatic rings. The molecule has 0 saturated heterocycles. The average Bonchev–Trinajstić information content (AvgIpc) is 3.86. The van der Waals surface area contributed by atoms with Gasteiger partial charge in [-0.05, 0) is 49.2 Å². The number of aromatic nitrogens is 4. The van der Waals surface area contributed by atoms with Crippen molar-refractivity contribution in [2.45, 2.75) is 64.2 Å². The molecule has 2 atom stereocenters. The van der Waals surface area contributed by atoms with Crippen LogP contribution < -0.4 is 115 Å². The van der Waals surface area contributed by atoms with Crippen LogP contribution in [0.4, 0.5) is 0 Å². The summed E-state index contributed by atoms with van der Waals surface area (Å²) < 4.78 is 55.1. The average molecular weight is 1040 g/mol. The Bertz CT molecular complexity index is 3060. The maximum atomic E-state index is 13.3. The van der Waals surface area contributed by atoms with Crippen LogP contribution in [0.25, 0.3) is 44.6 Å². The summed E-state index contributed by atoms with van der Waals surface area (Å²) in [5.74, 6) is -1.55. The minimum atomic E-state index is -5.32. The molecule has 2 N–H and O–H groups in total.